The van der Waals surface area contributed by atoms with Crippen molar-refractivity contribution in [2.45, 2.75) is 45.6 Å². The van der Waals surface area contributed by atoms with Crippen molar-refractivity contribution in [3.05, 3.63) is 0 Å². The zero-order valence-corrected chi connectivity index (χ0v) is 11.9. The summed E-state index contributed by atoms with van der Waals surface area (Å²) in [5, 5.41) is 3.45. The Morgan fingerprint density at radius 1 is 1.29 bits per heavy atom. The Morgan fingerprint density at radius 3 is 2.53 bits per heavy atom. The summed E-state index contributed by atoms with van der Waals surface area (Å²) in [5.74, 6) is 0.971. The Labute approximate surface area is 107 Å². The van der Waals surface area contributed by atoms with E-state index in [-0.39, 0.29) is 0 Å². The molecule has 0 aliphatic carbocycles. The van der Waals surface area contributed by atoms with Gasteiger partial charge < -0.3 is 10.1 Å². The minimum Gasteiger partial charge on any atom is -0.383 e. The van der Waals surface area contributed by atoms with Crippen LogP contribution < -0.4 is 5.32 Å². The molecule has 1 rings (SSSR count). The average Bonchev–Trinajstić information content (AvgIpc) is 2.36. The Balaban J connectivity index is 2.31. The monoisotopic (exact) mass is 242 g/mol. The molecular weight excluding hydrogens is 212 g/mol. The minimum absolute atomic E-state index is 0.558. The van der Waals surface area contributed by atoms with Gasteiger partial charge in [0.25, 0.3) is 0 Å². The lowest BCUT2D eigenvalue weighted by Gasteiger charge is -2.37. The van der Waals surface area contributed by atoms with Crippen LogP contribution in [-0.2, 0) is 4.74 Å². The maximum absolute atomic E-state index is 5.35. The highest BCUT2D eigenvalue weighted by atomic mass is 16.5. The maximum atomic E-state index is 5.35. The van der Waals surface area contributed by atoms with Crippen LogP contribution >= 0.6 is 0 Å². The fourth-order valence-corrected chi connectivity index (χ4v) is 2.81. The van der Waals surface area contributed by atoms with Crippen LogP contribution in [0.2, 0.25) is 0 Å². The van der Waals surface area contributed by atoms with E-state index in [9.17, 15) is 0 Å². The first-order chi connectivity index (χ1) is 8.31. The third kappa shape index (κ3) is 5.36. The molecular formula is C14H30N2O. The molecule has 0 aromatic carbocycles. The number of likely N-dealkylation sites (tertiary alicyclic amines) is 1. The van der Waals surface area contributed by atoms with Gasteiger partial charge in [0, 0.05) is 19.7 Å². The van der Waals surface area contributed by atoms with E-state index < -0.39 is 0 Å². The maximum Gasteiger partial charge on any atom is 0.0630 e. The number of nitrogens with zero attached hydrogens (tertiary/aromatic N) is 1. The quantitative estimate of drug-likeness (QED) is 0.705. The first-order valence-electron chi connectivity index (χ1n) is 7.25. The van der Waals surface area contributed by atoms with Crippen molar-refractivity contribution >= 4 is 0 Å². The number of hydrogen-bond acceptors (Lipinski definition) is 3. The second-order valence-electron chi connectivity index (χ2n) is 5.18. The number of rotatable bonds is 8. The Bertz CT molecular complexity index is 179. The SMILES string of the molecule is CCCC1CCN(C(CNCC)COC)CC1. The number of likely N-dealkylation sites (N-methyl/N-ethyl adjacent to an activating group) is 1. The summed E-state index contributed by atoms with van der Waals surface area (Å²) in [6.07, 6.45) is 5.50. The lowest BCUT2D eigenvalue weighted by Crippen LogP contribution is -2.48. The summed E-state index contributed by atoms with van der Waals surface area (Å²) in [6.45, 7) is 9.93. The molecule has 1 N–H and O–H groups in total. The highest BCUT2D eigenvalue weighted by Crippen LogP contribution is 2.22. The van der Waals surface area contributed by atoms with Crippen LogP contribution in [0.5, 0.6) is 0 Å². The van der Waals surface area contributed by atoms with Gasteiger partial charge in [0.15, 0.2) is 0 Å². The highest BCUT2D eigenvalue weighted by molar-refractivity contribution is 4.79. The summed E-state index contributed by atoms with van der Waals surface area (Å²) in [6, 6.07) is 0.558. The molecule has 0 aromatic rings. The molecule has 1 aliphatic rings. The smallest absolute Gasteiger partial charge is 0.0630 e. The number of ether oxygens (including phenoxy) is 1. The van der Waals surface area contributed by atoms with Gasteiger partial charge in [-0.15, -0.1) is 0 Å². The van der Waals surface area contributed by atoms with Crippen molar-refractivity contribution in [2.75, 3.05) is 39.9 Å². The van der Waals surface area contributed by atoms with E-state index in [4.69, 9.17) is 4.74 Å². The fourth-order valence-electron chi connectivity index (χ4n) is 2.81. The summed E-state index contributed by atoms with van der Waals surface area (Å²) < 4.78 is 5.35. The molecule has 1 heterocycles. The van der Waals surface area contributed by atoms with Gasteiger partial charge in [-0.25, -0.2) is 0 Å². The molecule has 1 aliphatic heterocycles. The van der Waals surface area contributed by atoms with Crippen LogP contribution in [-0.4, -0.2) is 50.8 Å². The number of hydrogen-bond donors (Lipinski definition) is 1. The molecule has 1 unspecified atom stereocenters. The molecule has 3 nitrogen and oxygen atoms in total. The van der Waals surface area contributed by atoms with Gasteiger partial charge in [-0.05, 0) is 38.4 Å². The molecule has 0 amide bonds. The second-order valence-corrected chi connectivity index (χ2v) is 5.18. The van der Waals surface area contributed by atoms with Crippen LogP contribution in [0.4, 0.5) is 0 Å². The molecule has 0 aromatic heterocycles. The first-order valence-corrected chi connectivity index (χ1v) is 7.25. The molecule has 0 spiro atoms. The van der Waals surface area contributed by atoms with Gasteiger partial charge in [0.1, 0.15) is 0 Å². The number of methoxy groups -OCH3 is 1. The molecule has 17 heavy (non-hydrogen) atoms. The lowest BCUT2D eigenvalue weighted by atomic mass is 9.92. The van der Waals surface area contributed by atoms with E-state index in [1.165, 1.54) is 38.8 Å². The largest absolute Gasteiger partial charge is 0.383 e. The van der Waals surface area contributed by atoms with Crippen molar-refractivity contribution in [3.8, 4) is 0 Å². The van der Waals surface area contributed by atoms with Gasteiger partial charge in [0.05, 0.1) is 6.61 Å². The van der Waals surface area contributed by atoms with Crippen LogP contribution in [0.1, 0.15) is 39.5 Å². The van der Waals surface area contributed by atoms with Gasteiger partial charge in [-0.2, -0.15) is 0 Å². The molecule has 1 fully saturated rings. The fraction of sp³-hybridized carbons (Fsp3) is 1.00. The van der Waals surface area contributed by atoms with Gasteiger partial charge in [-0.3, -0.25) is 4.90 Å². The van der Waals surface area contributed by atoms with E-state index in [0.29, 0.717) is 6.04 Å². The average molecular weight is 242 g/mol. The van der Waals surface area contributed by atoms with Crippen molar-refractivity contribution in [2.24, 2.45) is 5.92 Å². The minimum atomic E-state index is 0.558. The predicted octanol–water partition coefficient (Wildman–Crippen LogP) is 2.12. The number of piperidine rings is 1. The molecule has 1 atom stereocenters. The molecule has 0 radical (unpaired) electrons. The van der Waals surface area contributed by atoms with Crippen molar-refractivity contribution < 1.29 is 4.74 Å². The van der Waals surface area contributed by atoms with Crippen molar-refractivity contribution in [3.63, 3.8) is 0 Å². The van der Waals surface area contributed by atoms with Gasteiger partial charge >= 0.3 is 0 Å². The summed E-state index contributed by atoms with van der Waals surface area (Å²) >= 11 is 0. The van der Waals surface area contributed by atoms with Crippen molar-refractivity contribution in [1.82, 2.24) is 10.2 Å². The molecule has 0 saturated carbocycles. The zero-order valence-electron chi connectivity index (χ0n) is 11.9. The zero-order chi connectivity index (χ0) is 12.5. The Kier molecular flexibility index (Phi) is 7.82. The third-order valence-corrected chi connectivity index (χ3v) is 3.85. The Hall–Kier alpha value is -0.120. The second kappa shape index (κ2) is 8.90. The topological polar surface area (TPSA) is 24.5 Å². The van der Waals surface area contributed by atoms with Gasteiger partial charge in [0.2, 0.25) is 0 Å². The van der Waals surface area contributed by atoms with E-state index in [1.54, 1.807) is 0 Å². The van der Waals surface area contributed by atoms with Gasteiger partial charge in [-0.1, -0.05) is 26.7 Å². The molecule has 102 valence electrons. The molecule has 3 heteroatoms. The van der Waals surface area contributed by atoms with E-state index in [0.717, 1.165) is 25.6 Å². The van der Waals surface area contributed by atoms with Crippen molar-refractivity contribution in [1.29, 1.82) is 0 Å². The van der Waals surface area contributed by atoms with Crippen LogP contribution in [0, 0.1) is 5.92 Å². The van der Waals surface area contributed by atoms with Crippen LogP contribution in [0.25, 0.3) is 0 Å². The van der Waals surface area contributed by atoms with Crippen LogP contribution in [0.3, 0.4) is 0 Å². The number of nitrogens with one attached hydrogen (secondary N) is 1. The van der Waals surface area contributed by atoms with E-state index >= 15 is 0 Å². The normalized spacial score (nSPS) is 20.6. The lowest BCUT2D eigenvalue weighted by molar-refractivity contribution is 0.0634. The third-order valence-electron chi connectivity index (χ3n) is 3.85. The summed E-state index contributed by atoms with van der Waals surface area (Å²) in [7, 11) is 1.81. The highest BCUT2D eigenvalue weighted by Gasteiger charge is 2.24. The molecule has 1 saturated heterocycles. The summed E-state index contributed by atoms with van der Waals surface area (Å²) in [5.41, 5.74) is 0. The van der Waals surface area contributed by atoms with E-state index in [1.807, 2.05) is 7.11 Å². The molecule has 0 bridgehead atoms. The summed E-state index contributed by atoms with van der Waals surface area (Å²) in [4.78, 5) is 2.61. The Morgan fingerprint density at radius 2 is 2.00 bits per heavy atom. The van der Waals surface area contributed by atoms with E-state index in [2.05, 4.69) is 24.1 Å². The predicted molar refractivity (Wildman–Crippen MR) is 73.4 cm³/mol. The standard InChI is InChI=1S/C14H30N2O/c1-4-6-13-7-9-16(10-8-13)14(12-17-3)11-15-5-2/h13-15H,4-12H2,1-3H3. The first kappa shape index (κ1) is 14.9. The van der Waals surface area contributed by atoms with Crippen LogP contribution in [0.15, 0.2) is 0 Å².